The van der Waals surface area contributed by atoms with Gasteiger partial charge in [-0.2, -0.15) is 0 Å². The van der Waals surface area contributed by atoms with Crippen LogP contribution < -0.4 is 0 Å². The summed E-state index contributed by atoms with van der Waals surface area (Å²) in [5.74, 6) is -1.00. The van der Waals surface area contributed by atoms with Gasteiger partial charge in [0.2, 0.25) is 0 Å². The molecule has 4 nitrogen and oxygen atoms in total. The average Bonchev–Trinajstić information content (AvgIpc) is 2.35. The number of carbonyl (C=O) groups excluding carboxylic acids is 2. The minimum absolute atomic E-state index is 0.304. The number of rotatable bonds is 3. The summed E-state index contributed by atoms with van der Waals surface area (Å²) in [4.78, 5) is 22.9. The van der Waals surface area contributed by atoms with E-state index in [1.54, 1.807) is 19.1 Å². The molecule has 0 aliphatic rings. The quantitative estimate of drug-likeness (QED) is 0.753. The minimum Gasteiger partial charge on any atom is -0.465 e. The highest BCUT2D eigenvalue weighted by molar-refractivity contribution is 5.99. The van der Waals surface area contributed by atoms with Gasteiger partial charge in [-0.3, -0.25) is 0 Å². The van der Waals surface area contributed by atoms with E-state index in [2.05, 4.69) is 16.1 Å². The van der Waals surface area contributed by atoms with Gasteiger partial charge in [0.05, 0.1) is 25.3 Å². The van der Waals surface area contributed by atoms with Gasteiger partial charge in [0.1, 0.15) is 0 Å². The second-order valence-electron chi connectivity index (χ2n) is 3.52. The molecule has 0 radical (unpaired) electrons. The van der Waals surface area contributed by atoms with Crippen LogP contribution in [0.4, 0.5) is 0 Å². The fourth-order valence-electron chi connectivity index (χ4n) is 1.44. The third-order valence-electron chi connectivity index (χ3n) is 2.31. The maximum Gasteiger partial charge on any atom is 0.338 e. The number of allylic oxidation sites excluding steroid dienone is 1. The van der Waals surface area contributed by atoms with Gasteiger partial charge in [0.25, 0.3) is 0 Å². The molecule has 0 aromatic heterocycles. The number of hydrogen-bond donors (Lipinski definition) is 0. The predicted octanol–water partition coefficient (Wildman–Crippen LogP) is 2.29. The molecule has 0 spiro atoms. The zero-order valence-electron chi connectivity index (χ0n) is 10.1. The second-order valence-corrected chi connectivity index (χ2v) is 3.52. The fraction of sp³-hybridized carbons (Fsp3) is 0.231. The van der Waals surface area contributed by atoms with Crippen molar-refractivity contribution in [2.45, 2.75) is 6.92 Å². The van der Waals surface area contributed by atoms with Crippen LogP contribution in [-0.4, -0.2) is 26.2 Å². The molecule has 0 unspecified atom stereocenters. The van der Waals surface area contributed by atoms with Crippen molar-refractivity contribution in [2.24, 2.45) is 0 Å². The Kier molecular flexibility index (Phi) is 4.04. The van der Waals surface area contributed by atoms with Crippen LogP contribution in [0.25, 0.3) is 5.57 Å². The lowest BCUT2D eigenvalue weighted by Crippen LogP contribution is -2.08. The van der Waals surface area contributed by atoms with Gasteiger partial charge in [-0.15, -0.1) is 0 Å². The van der Waals surface area contributed by atoms with Gasteiger partial charge in [-0.05, 0) is 24.6 Å². The first-order valence-electron chi connectivity index (χ1n) is 4.97. The number of carbonyl (C=O) groups is 2. The third kappa shape index (κ3) is 2.72. The monoisotopic (exact) mass is 234 g/mol. The molecule has 0 heterocycles. The van der Waals surface area contributed by atoms with Gasteiger partial charge in [0.15, 0.2) is 0 Å². The summed E-state index contributed by atoms with van der Waals surface area (Å²) in [5.41, 5.74) is 1.99. The molecule has 0 aliphatic carbocycles. The Hall–Kier alpha value is -2.10. The maximum atomic E-state index is 11.6. The lowest BCUT2D eigenvalue weighted by atomic mass is 9.99. The lowest BCUT2D eigenvalue weighted by molar-refractivity contribution is 0.0599. The van der Waals surface area contributed by atoms with Crippen LogP contribution in [0.5, 0.6) is 0 Å². The van der Waals surface area contributed by atoms with Crippen molar-refractivity contribution in [3.8, 4) is 0 Å². The fourth-order valence-corrected chi connectivity index (χ4v) is 1.44. The number of esters is 2. The number of ether oxygens (including phenoxy) is 2. The highest BCUT2D eigenvalue weighted by atomic mass is 16.5. The van der Waals surface area contributed by atoms with E-state index in [1.807, 2.05) is 0 Å². The summed E-state index contributed by atoms with van der Waals surface area (Å²) in [6, 6.07) is 4.69. The Balaban J connectivity index is 3.34. The van der Waals surface area contributed by atoms with Crippen LogP contribution in [0, 0.1) is 0 Å². The van der Waals surface area contributed by atoms with Crippen molar-refractivity contribution in [2.75, 3.05) is 14.2 Å². The molecule has 0 N–H and O–H groups in total. The molecule has 1 rings (SSSR count). The van der Waals surface area contributed by atoms with Gasteiger partial charge >= 0.3 is 11.9 Å². The highest BCUT2D eigenvalue weighted by Gasteiger charge is 2.16. The normalized spacial score (nSPS) is 9.59. The van der Waals surface area contributed by atoms with Crippen molar-refractivity contribution in [3.05, 3.63) is 41.5 Å². The van der Waals surface area contributed by atoms with Crippen LogP contribution in [0.3, 0.4) is 0 Å². The maximum absolute atomic E-state index is 11.6. The van der Waals surface area contributed by atoms with E-state index in [1.165, 1.54) is 20.3 Å². The molecule has 17 heavy (non-hydrogen) atoms. The van der Waals surface area contributed by atoms with Crippen LogP contribution in [0.1, 0.15) is 33.2 Å². The molecule has 4 heteroatoms. The largest absolute Gasteiger partial charge is 0.465 e. The van der Waals surface area contributed by atoms with E-state index in [0.29, 0.717) is 16.7 Å². The Morgan fingerprint density at radius 3 is 2.12 bits per heavy atom. The van der Waals surface area contributed by atoms with Crippen LogP contribution in [0.15, 0.2) is 24.8 Å². The average molecular weight is 234 g/mol. The Bertz CT molecular complexity index is 474. The van der Waals surface area contributed by atoms with Crippen LogP contribution in [0.2, 0.25) is 0 Å². The van der Waals surface area contributed by atoms with Crippen molar-refractivity contribution in [3.63, 3.8) is 0 Å². The number of benzene rings is 1. The van der Waals surface area contributed by atoms with Gasteiger partial charge in [0, 0.05) is 0 Å². The second kappa shape index (κ2) is 5.30. The topological polar surface area (TPSA) is 52.6 Å². The van der Waals surface area contributed by atoms with E-state index in [4.69, 9.17) is 0 Å². The molecule has 90 valence electrons. The summed E-state index contributed by atoms with van der Waals surface area (Å²) in [5, 5.41) is 0. The van der Waals surface area contributed by atoms with E-state index in [-0.39, 0.29) is 0 Å². The summed E-state index contributed by atoms with van der Waals surface area (Å²) in [6.07, 6.45) is 0. The van der Waals surface area contributed by atoms with E-state index < -0.39 is 11.9 Å². The first-order chi connectivity index (χ1) is 8.01. The SMILES string of the molecule is C=C(C)c1ccc(C(=O)OC)cc1C(=O)OC. The van der Waals surface area contributed by atoms with Crippen molar-refractivity contribution >= 4 is 17.5 Å². The number of methoxy groups -OCH3 is 2. The molecule has 1 aromatic rings. The molecule has 0 atom stereocenters. The van der Waals surface area contributed by atoms with E-state index >= 15 is 0 Å². The smallest absolute Gasteiger partial charge is 0.338 e. The van der Waals surface area contributed by atoms with Crippen molar-refractivity contribution < 1.29 is 19.1 Å². The Morgan fingerprint density at radius 1 is 1.06 bits per heavy atom. The van der Waals surface area contributed by atoms with Crippen molar-refractivity contribution in [1.29, 1.82) is 0 Å². The molecule has 0 fully saturated rings. The molecule has 1 aromatic carbocycles. The molecule has 0 aliphatic heterocycles. The van der Waals surface area contributed by atoms with Gasteiger partial charge in [-0.1, -0.05) is 18.2 Å². The third-order valence-corrected chi connectivity index (χ3v) is 2.31. The van der Waals surface area contributed by atoms with Gasteiger partial charge in [-0.25, -0.2) is 9.59 Å². The van der Waals surface area contributed by atoms with Crippen LogP contribution in [-0.2, 0) is 9.47 Å². The summed E-state index contributed by atoms with van der Waals surface area (Å²) in [7, 11) is 2.57. The Labute approximate surface area is 99.8 Å². The molecular weight excluding hydrogens is 220 g/mol. The Morgan fingerprint density at radius 2 is 1.65 bits per heavy atom. The van der Waals surface area contributed by atoms with Crippen molar-refractivity contribution in [1.82, 2.24) is 0 Å². The molecule has 0 saturated carbocycles. The zero-order valence-corrected chi connectivity index (χ0v) is 10.1. The lowest BCUT2D eigenvalue weighted by Gasteiger charge is -2.09. The molecule has 0 saturated heterocycles. The summed E-state index contributed by atoms with van der Waals surface area (Å²) >= 11 is 0. The zero-order chi connectivity index (χ0) is 13.0. The van der Waals surface area contributed by atoms with Crippen LogP contribution >= 0.6 is 0 Å². The first kappa shape index (κ1) is 13.0. The van der Waals surface area contributed by atoms with Gasteiger partial charge < -0.3 is 9.47 Å². The number of hydrogen-bond acceptors (Lipinski definition) is 4. The molecular formula is C13H14O4. The standard InChI is InChI=1S/C13H14O4/c1-8(2)10-6-5-9(12(14)16-3)7-11(10)13(15)17-4/h5-7H,1H2,2-4H3. The van der Waals surface area contributed by atoms with E-state index in [0.717, 1.165) is 5.57 Å². The summed E-state index contributed by atoms with van der Waals surface area (Å²) < 4.78 is 9.25. The first-order valence-corrected chi connectivity index (χ1v) is 4.97. The molecule has 0 bridgehead atoms. The summed E-state index contributed by atoms with van der Waals surface area (Å²) in [6.45, 7) is 5.55. The van der Waals surface area contributed by atoms with E-state index in [9.17, 15) is 9.59 Å². The highest BCUT2D eigenvalue weighted by Crippen LogP contribution is 2.20. The molecule has 0 amide bonds. The minimum atomic E-state index is -0.506. The predicted molar refractivity (Wildman–Crippen MR) is 63.8 cm³/mol.